The minimum atomic E-state index is 0.461. The summed E-state index contributed by atoms with van der Waals surface area (Å²) in [5, 5.41) is 0. The third kappa shape index (κ3) is 0.496. The number of fused-ring (bicyclic) bond motifs is 3. The first kappa shape index (κ1) is 4.99. The lowest BCUT2D eigenvalue weighted by Crippen LogP contribution is -1.98. The van der Waals surface area contributed by atoms with Crippen molar-refractivity contribution in [1.29, 1.82) is 0 Å². The Labute approximate surface area is 64.5 Å². The van der Waals surface area contributed by atoms with Gasteiger partial charge in [0.25, 0.3) is 0 Å². The van der Waals surface area contributed by atoms with E-state index in [2.05, 4.69) is 6.08 Å². The maximum atomic E-state index is 5.43. The van der Waals surface area contributed by atoms with E-state index in [1.165, 1.54) is 17.8 Å². The van der Waals surface area contributed by atoms with E-state index in [0.29, 0.717) is 18.3 Å². The van der Waals surface area contributed by atoms with Crippen molar-refractivity contribution in [2.45, 2.75) is 31.2 Å². The minimum absolute atomic E-state index is 0.461. The zero-order chi connectivity index (χ0) is 7.00. The molecule has 0 spiro atoms. The summed E-state index contributed by atoms with van der Waals surface area (Å²) in [4.78, 5) is 0. The minimum Gasteiger partial charge on any atom is -0.483 e. The van der Waals surface area contributed by atoms with E-state index in [4.69, 9.17) is 9.47 Å². The maximum absolute atomic E-state index is 5.43. The summed E-state index contributed by atoms with van der Waals surface area (Å²) in [5.74, 6) is 1.19. The molecule has 3 atom stereocenters. The molecule has 4 aliphatic rings. The molecule has 0 N–H and O–H groups in total. The first-order chi connectivity index (χ1) is 5.42. The number of hydrogen-bond donors (Lipinski definition) is 0. The van der Waals surface area contributed by atoms with Gasteiger partial charge in [-0.1, -0.05) is 5.57 Å². The second kappa shape index (κ2) is 1.27. The fourth-order valence-electron chi connectivity index (χ4n) is 2.30. The van der Waals surface area contributed by atoms with Crippen molar-refractivity contribution in [2.24, 2.45) is 0 Å². The zero-order valence-corrected chi connectivity index (χ0v) is 6.04. The average molecular weight is 148 g/mol. The second-order valence-electron chi connectivity index (χ2n) is 3.72. The SMILES string of the molecule is C1=C2OC2CC2=C1C1OC1C2. The van der Waals surface area contributed by atoms with Crippen molar-refractivity contribution in [3.8, 4) is 0 Å². The number of hydrogen-bond acceptors (Lipinski definition) is 2. The third-order valence-electron chi connectivity index (χ3n) is 3.01. The predicted molar refractivity (Wildman–Crippen MR) is 37.9 cm³/mol. The van der Waals surface area contributed by atoms with E-state index in [-0.39, 0.29) is 0 Å². The van der Waals surface area contributed by atoms with Crippen LogP contribution in [-0.4, -0.2) is 18.3 Å². The summed E-state index contributed by atoms with van der Waals surface area (Å²) >= 11 is 0. The monoisotopic (exact) mass is 148 g/mol. The molecule has 0 amide bonds. The molecule has 0 radical (unpaired) electrons. The van der Waals surface area contributed by atoms with Crippen LogP contribution in [0.5, 0.6) is 0 Å². The molecule has 4 rings (SSSR count). The summed E-state index contributed by atoms with van der Waals surface area (Å²) < 4.78 is 10.8. The Hall–Kier alpha value is -0.760. The van der Waals surface area contributed by atoms with Crippen LogP contribution < -0.4 is 0 Å². The maximum Gasteiger partial charge on any atom is 0.159 e. The molecule has 2 aliphatic carbocycles. The van der Waals surface area contributed by atoms with Crippen LogP contribution >= 0.6 is 0 Å². The van der Waals surface area contributed by atoms with Crippen LogP contribution in [0, 0.1) is 0 Å². The van der Waals surface area contributed by atoms with Gasteiger partial charge in [0.15, 0.2) is 6.10 Å². The van der Waals surface area contributed by atoms with Crippen LogP contribution in [0.4, 0.5) is 0 Å². The molecular formula is C9H8O2. The molecule has 2 heterocycles. The standard InChI is InChI=1S/C9H8O2/c1-4-2-8-9(11-8)5(4)3-7-6(1)10-7/h3,6,8-9H,1-2H2. The highest BCUT2D eigenvalue weighted by molar-refractivity contribution is 5.48. The molecule has 2 heteroatoms. The van der Waals surface area contributed by atoms with Gasteiger partial charge in [-0.15, -0.1) is 0 Å². The van der Waals surface area contributed by atoms with Crippen molar-refractivity contribution in [3.05, 3.63) is 23.0 Å². The molecule has 2 aliphatic heterocycles. The Morgan fingerprint density at radius 2 is 2.36 bits per heavy atom. The molecule has 11 heavy (non-hydrogen) atoms. The molecule has 2 fully saturated rings. The van der Waals surface area contributed by atoms with Crippen molar-refractivity contribution in [2.75, 3.05) is 0 Å². The molecule has 0 bridgehead atoms. The van der Waals surface area contributed by atoms with E-state index < -0.39 is 0 Å². The lowest BCUT2D eigenvalue weighted by molar-refractivity contribution is 0.366. The molecule has 56 valence electrons. The van der Waals surface area contributed by atoms with Crippen LogP contribution in [0.15, 0.2) is 23.0 Å². The van der Waals surface area contributed by atoms with E-state index in [0.717, 1.165) is 6.42 Å². The van der Waals surface area contributed by atoms with Crippen molar-refractivity contribution >= 4 is 0 Å². The molecule has 2 saturated heterocycles. The van der Waals surface area contributed by atoms with Gasteiger partial charge in [0.2, 0.25) is 0 Å². The van der Waals surface area contributed by atoms with Crippen LogP contribution in [0.2, 0.25) is 0 Å². The molecule has 2 nitrogen and oxygen atoms in total. The first-order valence-corrected chi connectivity index (χ1v) is 4.17. The van der Waals surface area contributed by atoms with Crippen LogP contribution in [0.1, 0.15) is 12.8 Å². The van der Waals surface area contributed by atoms with E-state index >= 15 is 0 Å². The van der Waals surface area contributed by atoms with Gasteiger partial charge >= 0.3 is 0 Å². The number of ether oxygens (including phenoxy) is 2. The molecule has 3 unspecified atom stereocenters. The van der Waals surface area contributed by atoms with Gasteiger partial charge in [-0.25, -0.2) is 0 Å². The van der Waals surface area contributed by atoms with E-state index in [1.807, 2.05) is 0 Å². The Kier molecular flexibility index (Phi) is 0.575. The van der Waals surface area contributed by atoms with Gasteiger partial charge in [0.1, 0.15) is 11.9 Å². The zero-order valence-electron chi connectivity index (χ0n) is 6.04. The Bertz CT molecular complexity index is 314. The molecule has 0 aromatic carbocycles. The Morgan fingerprint density at radius 3 is 3.36 bits per heavy atom. The van der Waals surface area contributed by atoms with Gasteiger partial charge in [0.05, 0.1) is 6.10 Å². The summed E-state index contributed by atoms with van der Waals surface area (Å²) in [6.07, 6.45) is 5.99. The van der Waals surface area contributed by atoms with Crippen LogP contribution in [0.3, 0.4) is 0 Å². The third-order valence-corrected chi connectivity index (χ3v) is 3.01. The smallest absolute Gasteiger partial charge is 0.159 e. The fourth-order valence-corrected chi connectivity index (χ4v) is 2.30. The summed E-state index contributed by atoms with van der Waals surface area (Å²) in [6, 6.07) is 0. The normalized spacial score (nSPS) is 48.7. The highest BCUT2D eigenvalue weighted by Gasteiger charge is 2.52. The van der Waals surface area contributed by atoms with Crippen molar-refractivity contribution in [3.63, 3.8) is 0 Å². The Morgan fingerprint density at radius 1 is 1.36 bits per heavy atom. The molecule has 0 aromatic rings. The number of epoxide rings is 2. The molecular weight excluding hydrogens is 140 g/mol. The highest BCUT2D eigenvalue weighted by atomic mass is 16.6. The second-order valence-corrected chi connectivity index (χ2v) is 3.72. The lowest BCUT2D eigenvalue weighted by atomic mass is 10.00. The van der Waals surface area contributed by atoms with Crippen molar-refractivity contribution in [1.82, 2.24) is 0 Å². The van der Waals surface area contributed by atoms with Crippen LogP contribution in [0.25, 0.3) is 0 Å². The van der Waals surface area contributed by atoms with E-state index in [1.54, 1.807) is 5.57 Å². The lowest BCUT2D eigenvalue weighted by Gasteiger charge is -2.05. The van der Waals surface area contributed by atoms with Crippen LogP contribution in [-0.2, 0) is 9.47 Å². The first-order valence-electron chi connectivity index (χ1n) is 4.17. The summed E-state index contributed by atoms with van der Waals surface area (Å²) in [6.45, 7) is 0. The fraction of sp³-hybridized carbons (Fsp3) is 0.556. The average Bonchev–Trinajstić information content (AvgIpc) is 2.84. The summed E-state index contributed by atoms with van der Waals surface area (Å²) in [5.41, 5.74) is 3.04. The van der Waals surface area contributed by atoms with Gasteiger partial charge in [0, 0.05) is 6.42 Å². The topological polar surface area (TPSA) is 25.1 Å². The summed E-state index contributed by atoms with van der Waals surface area (Å²) in [7, 11) is 0. The Balaban J connectivity index is 1.87. The molecule has 0 saturated carbocycles. The quantitative estimate of drug-likeness (QED) is 0.481. The van der Waals surface area contributed by atoms with Gasteiger partial charge in [-0.3, -0.25) is 0 Å². The molecule has 0 aromatic heterocycles. The largest absolute Gasteiger partial charge is 0.483 e. The van der Waals surface area contributed by atoms with Gasteiger partial charge in [-0.05, 0) is 18.1 Å². The van der Waals surface area contributed by atoms with E-state index in [9.17, 15) is 0 Å². The van der Waals surface area contributed by atoms with Gasteiger partial charge < -0.3 is 9.47 Å². The van der Waals surface area contributed by atoms with Gasteiger partial charge in [-0.2, -0.15) is 0 Å². The predicted octanol–water partition coefficient (Wildman–Crippen LogP) is 1.14. The highest BCUT2D eigenvalue weighted by Crippen LogP contribution is 2.51. The van der Waals surface area contributed by atoms with Crippen molar-refractivity contribution < 1.29 is 9.47 Å². The number of rotatable bonds is 0.